The van der Waals surface area contributed by atoms with E-state index in [-0.39, 0.29) is 19.6 Å². The summed E-state index contributed by atoms with van der Waals surface area (Å²) in [6.07, 6.45) is 0.119. The molecule has 1 atom stereocenters. The zero-order valence-electron chi connectivity index (χ0n) is 11.1. The van der Waals surface area contributed by atoms with Crippen molar-refractivity contribution in [3.05, 3.63) is 35.9 Å². The van der Waals surface area contributed by atoms with Crippen molar-refractivity contribution in [1.82, 2.24) is 0 Å². The van der Waals surface area contributed by atoms with Gasteiger partial charge in [-0.05, 0) is 25.8 Å². The number of aliphatic carboxylic acids is 1. The Morgan fingerprint density at radius 1 is 1.21 bits per heavy atom. The van der Waals surface area contributed by atoms with E-state index >= 15 is 0 Å². The average molecular weight is 286 g/mol. The largest absolute Gasteiger partial charge is 0.481 e. The third-order valence-corrected chi connectivity index (χ3v) is 4.96. The Balaban J connectivity index is 2.98. The number of hydrogen-bond acceptors (Lipinski definition) is 4. The van der Waals surface area contributed by atoms with Gasteiger partial charge in [0, 0.05) is 0 Å². The van der Waals surface area contributed by atoms with Crippen LogP contribution in [0.2, 0.25) is 0 Å². The molecule has 0 fully saturated rings. The fraction of sp³-hybridized carbons (Fsp3) is 0.462. The molecule has 0 spiro atoms. The zero-order valence-corrected chi connectivity index (χ0v) is 12.0. The number of rotatable bonds is 8. The summed E-state index contributed by atoms with van der Waals surface area (Å²) in [5.41, 5.74) is -0.399. The molecule has 1 aromatic rings. The van der Waals surface area contributed by atoms with Crippen LogP contribution in [0.25, 0.3) is 0 Å². The van der Waals surface area contributed by atoms with E-state index in [0.29, 0.717) is 0 Å². The van der Waals surface area contributed by atoms with Gasteiger partial charge in [0.25, 0.3) is 0 Å². The molecule has 0 unspecified atom stereocenters. The second kappa shape index (κ2) is 7.43. The summed E-state index contributed by atoms with van der Waals surface area (Å²) in [4.78, 5) is 11.4. The summed E-state index contributed by atoms with van der Waals surface area (Å²) in [7, 11) is -3.65. The van der Waals surface area contributed by atoms with Crippen molar-refractivity contribution in [3.8, 4) is 0 Å². The first-order chi connectivity index (χ1) is 9.03. The lowest BCUT2D eigenvalue weighted by molar-refractivity contribution is -0.137. The lowest BCUT2D eigenvalue weighted by atomic mass is 10.1. The minimum absolute atomic E-state index is 0.119. The van der Waals surface area contributed by atoms with Crippen molar-refractivity contribution < 1.29 is 23.5 Å². The Kier molecular flexibility index (Phi) is 6.22. The van der Waals surface area contributed by atoms with Gasteiger partial charge in [0.05, 0.1) is 13.2 Å². The first-order valence-corrected chi connectivity index (χ1v) is 7.80. The lowest BCUT2D eigenvalue weighted by Gasteiger charge is -2.23. The number of carboxylic acids is 1. The van der Waals surface area contributed by atoms with Crippen molar-refractivity contribution in [2.75, 3.05) is 13.2 Å². The zero-order chi connectivity index (χ0) is 14.3. The second-order valence-electron chi connectivity index (χ2n) is 3.92. The van der Waals surface area contributed by atoms with Crippen LogP contribution < -0.4 is 0 Å². The summed E-state index contributed by atoms with van der Waals surface area (Å²) in [6.45, 7) is 3.62. The maximum atomic E-state index is 12.5. The number of benzene rings is 1. The van der Waals surface area contributed by atoms with Crippen molar-refractivity contribution in [2.45, 2.75) is 25.9 Å². The molecule has 0 saturated carbocycles. The predicted molar refractivity (Wildman–Crippen MR) is 72.4 cm³/mol. The molecule has 0 aliphatic carbocycles. The number of hydrogen-bond donors (Lipinski definition) is 1. The Hall–Kier alpha value is -1.16. The molecule has 19 heavy (non-hydrogen) atoms. The molecule has 0 amide bonds. The van der Waals surface area contributed by atoms with Gasteiger partial charge in [-0.3, -0.25) is 9.36 Å². The SMILES string of the molecule is CCOP(=O)(OCC)[C@@H](Cc1ccccc1)C(=O)O. The molecular formula is C13H19O5P. The number of carbonyl (C=O) groups is 1. The van der Waals surface area contributed by atoms with Crippen LogP contribution in [0, 0.1) is 0 Å². The van der Waals surface area contributed by atoms with Gasteiger partial charge in [0.2, 0.25) is 0 Å². The maximum absolute atomic E-state index is 12.5. The van der Waals surface area contributed by atoms with Gasteiger partial charge in [-0.2, -0.15) is 0 Å². The molecule has 0 bridgehead atoms. The van der Waals surface area contributed by atoms with Crippen LogP contribution >= 0.6 is 7.60 Å². The van der Waals surface area contributed by atoms with E-state index in [1.807, 2.05) is 6.07 Å². The van der Waals surface area contributed by atoms with Crippen LogP contribution in [0.4, 0.5) is 0 Å². The summed E-state index contributed by atoms with van der Waals surface area (Å²) >= 11 is 0. The van der Waals surface area contributed by atoms with E-state index in [2.05, 4.69) is 0 Å². The third-order valence-electron chi connectivity index (χ3n) is 2.56. The van der Waals surface area contributed by atoms with Crippen molar-refractivity contribution in [1.29, 1.82) is 0 Å². The van der Waals surface area contributed by atoms with Gasteiger partial charge in [0.15, 0.2) is 5.66 Å². The Labute approximate surface area is 113 Å². The summed E-state index contributed by atoms with van der Waals surface area (Å²) in [5, 5.41) is 9.29. The van der Waals surface area contributed by atoms with Gasteiger partial charge < -0.3 is 14.2 Å². The minimum atomic E-state index is -3.65. The minimum Gasteiger partial charge on any atom is -0.481 e. The first kappa shape index (κ1) is 15.9. The smallest absolute Gasteiger partial charge is 0.345 e. The van der Waals surface area contributed by atoms with Gasteiger partial charge in [-0.1, -0.05) is 30.3 Å². The summed E-state index contributed by atoms with van der Waals surface area (Å²) in [6, 6.07) is 9.03. The van der Waals surface area contributed by atoms with Crippen LogP contribution in [0.5, 0.6) is 0 Å². The first-order valence-electron chi connectivity index (χ1n) is 6.19. The van der Waals surface area contributed by atoms with Crippen LogP contribution in [-0.2, 0) is 24.8 Å². The van der Waals surface area contributed by atoms with Crippen LogP contribution in [0.3, 0.4) is 0 Å². The Bertz CT molecular complexity index is 436. The third kappa shape index (κ3) is 4.46. The molecule has 6 heteroatoms. The van der Waals surface area contributed by atoms with E-state index in [9.17, 15) is 14.5 Å². The van der Waals surface area contributed by atoms with Crippen molar-refractivity contribution in [2.24, 2.45) is 0 Å². The Morgan fingerprint density at radius 2 is 1.74 bits per heavy atom. The molecule has 0 radical (unpaired) electrons. The summed E-state index contributed by atoms with van der Waals surface area (Å²) < 4.78 is 22.8. The fourth-order valence-electron chi connectivity index (χ4n) is 1.75. The van der Waals surface area contributed by atoms with Gasteiger partial charge >= 0.3 is 13.6 Å². The maximum Gasteiger partial charge on any atom is 0.345 e. The van der Waals surface area contributed by atoms with E-state index < -0.39 is 19.2 Å². The molecule has 0 aromatic heterocycles. The molecule has 0 aliphatic rings. The van der Waals surface area contributed by atoms with Crippen molar-refractivity contribution in [3.63, 3.8) is 0 Å². The topological polar surface area (TPSA) is 72.8 Å². The number of carboxylic acid groups (broad SMARTS) is 1. The van der Waals surface area contributed by atoms with Gasteiger partial charge in [0.1, 0.15) is 0 Å². The highest BCUT2D eigenvalue weighted by Crippen LogP contribution is 2.54. The van der Waals surface area contributed by atoms with Gasteiger partial charge in [-0.15, -0.1) is 0 Å². The highest BCUT2D eigenvalue weighted by Gasteiger charge is 2.41. The molecule has 106 valence electrons. The summed E-state index contributed by atoms with van der Waals surface area (Å²) in [5.74, 6) is -1.17. The van der Waals surface area contributed by atoms with E-state index in [1.54, 1.807) is 38.1 Å². The molecule has 0 aliphatic heterocycles. The highest BCUT2D eigenvalue weighted by molar-refractivity contribution is 7.55. The molecule has 1 N–H and O–H groups in total. The van der Waals surface area contributed by atoms with E-state index in [0.717, 1.165) is 5.56 Å². The molecule has 0 heterocycles. The molecule has 5 nitrogen and oxygen atoms in total. The molecule has 1 aromatic carbocycles. The Morgan fingerprint density at radius 3 is 2.16 bits per heavy atom. The quantitative estimate of drug-likeness (QED) is 0.744. The van der Waals surface area contributed by atoms with E-state index in [4.69, 9.17) is 9.05 Å². The normalized spacial score (nSPS) is 13.2. The highest BCUT2D eigenvalue weighted by atomic mass is 31.2. The van der Waals surface area contributed by atoms with Crippen molar-refractivity contribution >= 4 is 13.6 Å². The van der Waals surface area contributed by atoms with Crippen LogP contribution in [0.1, 0.15) is 19.4 Å². The van der Waals surface area contributed by atoms with Crippen LogP contribution in [0.15, 0.2) is 30.3 Å². The lowest BCUT2D eigenvalue weighted by Crippen LogP contribution is -2.25. The predicted octanol–water partition coefficient (Wildman–Crippen LogP) is 2.95. The van der Waals surface area contributed by atoms with Crippen LogP contribution in [-0.4, -0.2) is 29.9 Å². The monoisotopic (exact) mass is 286 g/mol. The second-order valence-corrected chi connectivity index (χ2v) is 6.14. The molecule has 0 saturated heterocycles. The fourth-order valence-corrected chi connectivity index (χ4v) is 3.61. The van der Waals surface area contributed by atoms with E-state index in [1.165, 1.54) is 0 Å². The molecule has 1 rings (SSSR count). The standard InChI is InChI=1S/C13H19O5P/c1-3-17-19(16,18-4-2)12(13(14)15)10-11-8-6-5-7-9-11/h5-9,12H,3-4,10H2,1-2H3,(H,14,15)/t12-/m0/s1. The van der Waals surface area contributed by atoms with Gasteiger partial charge in [-0.25, -0.2) is 0 Å². The molecular weight excluding hydrogens is 267 g/mol. The average Bonchev–Trinajstić information content (AvgIpc) is 2.37.